The molecule has 0 unspecified atom stereocenters. The molecule has 0 spiro atoms. The fraction of sp³-hybridized carbons (Fsp3) is 0.278. The Morgan fingerprint density at radius 3 is 2.64 bits per heavy atom. The molecule has 3 aromatic rings. The molecule has 0 saturated carbocycles. The van der Waals surface area contributed by atoms with Gasteiger partial charge in [0.25, 0.3) is 0 Å². The van der Waals surface area contributed by atoms with Crippen molar-refractivity contribution < 1.29 is 21.7 Å². The van der Waals surface area contributed by atoms with Crippen LogP contribution in [0.1, 0.15) is 5.56 Å². The Morgan fingerprint density at radius 1 is 1.21 bits per heavy atom. The first-order chi connectivity index (χ1) is 13.2. The minimum Gasteiger partial charge on any atom is -0.726 e. The highest BCUT2D eigenvalue weighted by Crippen LogP contribution is 2.29. The van der Waals surface area contributed by atoms with Crippen LogP contribution < -0.4 is 9.47 Å². The zero-order chi connectivity index (χ0) is 20.3. The second-order valence-corrected chi connectivity index (χ2v) is 8.30. The molecule has 10 heteroatoms. The van der Waals surface area contributed by atoms with Gasteiger partial charge in [0.1, 0.15) is 11.2 Å². The van der Waals surface area contributed by atoms with Crippen molar-refractivity contribution in [2.75, 3.05) is 25.1 Å². The molecule has 0 aliphatic heterocycles. The molecule has 0 bridgehead atoms. The molecule has 0 atom stereocenters. The van der Waals surface area contributed by atoms with Crippen LogP contribution in [0.4, 0.5) is 16.5 Å². The van der Waals surface area contributed by atoms with Crippen molar-refractivity contribution in [2.45, 2.75) is 6.92 Å². The number of hydrogen-bond acceptors (Lipinski definition) is 8. The highest BCUT2D eigenvalue weighted by Gasteiger charge is 2.15. The van der Waals surface area contributed by atoms with E-state index in [1.54, 1.807) is 23.3 Å². The Bertz CT molecular complexity index is 1130. The molecule has 0 fully saturated rings. The van der Waals surface area contributed by atoms with Gasteiger partial charge in [-0.25, -0.2) is 13.0 Å². The smallest absolute Gasteiger partial charge is 0.409 e. The van der Waals surface area contributed by atoms with Crippen LogP contribution in [0.25, 0.3) is 10.2 Å². The lowest BCUT2D eigenvalue weighted by atomic mass is 10.1. The second-order valence-electron chi connectivity index (χ2n) is 6.23. The molecule has 0 aliphatic rings. The van der Waals surface area contributed by atoms with Crippen molar-refractivity contribution in [3.8, 4) is 0 Å². The lowest BCUT2D eigenvalue weighted by Crippen LogP contribution is -2.25. The van der Waals surface area contributed by atoms with Crippen molar-refractivity contribution in [2.24, 2.45) is 17.3 Å². The summed E-state index contributed by atoms with van der Waals surface area (Å²) in [6.45, 7) is 1.99. The third kappa shape index (κ3) is 4.90. The Labute approximate surface area is 167 Å². The minimum atomic E-state index is -4.67. The van der Waals surface area contributed by atoms with Crippen molar-refractivity contribution in [1.82, 2.24) is 0 Å². The molecule has 2 aromatic carbocycles. The zero-order valence-electron chi connectivity index (χ0n) is 15.7. The monoisotopic (exact) mass is 420 g/mol. The van der Waals surface area contributed by atoms with Crippen LogP contribution in [0.5, 0.6) is 0 Å². The van der Waals surface area contributed by atoms with Crippen molar-refractivity contribution in [3.05, 3.63) is 48.0 Å². The highest BCUT2D eigenvalue weighted by atomic mass is 32.3. The molecule has 0 amide bonds. The minimum absolute atomic E-state index is 0.203. The van der Waals surface area contributed by atoms with Crippen LogP contribution in [-0.4, -0.2) is 33.2 Å². The number of para-hydroxylation sites is 1. The molecule has 0 aliphatic carbocycles. The van der Waals surface area contributed by atoms with Crippen LogP contribution in [0.2, 0.25) is 0 Å². The molecule has 0 radical (unpaired) electrons. The summed E-state index contributed by atoms with van der Waals surface area (Å²) in [4.78, 5) is 1.80. The van der Waals surface area contributed by atoms with E-state index < -0.39 is 10.4 Å². The normalized spacial score (nSPS) is 12.1. The van der Waals surface area contributed by atoms with Crippen LogP contribution >= 0.6 is 11.3 Å². The van der Waals surface area contributed by atoms with Gasteiger partial charge < -0.3 is 9.45 Å². The third-order valence-corrected chi connectivity index (χ3v) is 5.79. The third-order valence-electron chi connectivity index (χ3n) is 4.23. The van der Waals surface area contributed by atoms with E-state index in [9.17, 15) is 13.0 Å². The maximum absolute atomic E-state index is 10.5. The number of likely N-dealkylation sites (N-methyl/N-ethyl adjacent to an activating group) is 1. The molecule has 1 aromatic heterocycles. The van der Waals surface area contributed by atoms with Crippen LogP contribution in [-0.2, 0) is 21.6 Å². The maximum Gasteiger partial charge on any atom is 0.409 e. The fourth-order valence-corrected chi connectivity index (χ4v) is 3.92. The molecule has 1 heterocycles. The summed E-state index contributed by atoms with van der Waals surface area (Å²) >= 11 is 1.57. The average molecular weight is 421 g/mol. The molecule has 0 saturated heterocycles. The van der Waals surface area contributed by atoms with Gasteiger partial charge in [-0.1, -0.05) is 12.1 Å². The number of nitrogens with zero attached hydrogens (tertiary/aromatic N) is 4. The van der Waals surface area contributed by atoms with E-state index in [1.165, 1.54) is 0 Å². The summed E-state index contributed by atoms with van der Waals surface area (Å²) in [7, 11) is -0.923. The topological polar surface area (TPSA) is 98.3 Å². The summed E-state index contributed by atoms with van der Waals surface area (Å²) in [5, 5.41) is 9.58. The van der Waals surface area contributed by atoms with Gasteiger partial charge in [-0.2, -0.15) is 0 Å². The van der Waals surface area contributed by atoms with Gasteiger partial charge >= 0.3 is 5.13 Å². The largest absolute Gasteiger partial charge is 0.726 e. The van der Waals surface area contributed by atoms with E-state index >= 15 is 0 Å². The van der Waals surface area contributed by atoms with Gasteiger partial charge in [0.05, 0.1) is 23.5 Å². The summed E-state index contributed by atoms with van der Waals surface area (Å²) in [5.74, 6) is 0. The van der Waals surface area contributed by atoms with Gasteiger partial charge in [-0.15, -0.1) is 0 Å². The predicted octanol–water partition coefficient (Wildman–Crippen LogP) is 3.36. The second kappa shape index (κ2) is 8.31. The first kappa shape index (κ1) is 20.3. The summed E-state index contributed by atoms with van der Waals surface area (Å²) in [6, 6.07) is 13.7. The van der Waals surface area contributed by atoms with E-state index in [0.717, 1.165) is 32.3 Å². The number of thiazole rings is 1. The van der Waals surface area contributed by atoms with E-state index in [4.69, 9.17) is 0 Å². The lowest BCUT2D eigenvalue weighted by Gasteiger charge is -2.20. The van der Waals surface area contributed by atoms with Crippen LogP contribution in [0, 0.1) is 6.92 Å². The highest BCUT2D eigenvalue weighted by molar-refractivity contribution is 7.80. The number of rotatable bonds is 7. The van der Waals surface area contributed by atoms with Gasteiger partial charge in [-0.05, 0) is 59.3 Å². The van der Waals surface area contributed by atoms with Crippen LogP contribution in [0.15, 0.2) is 52.7 Å². The summed E-state index contributed by atoms with van der Waals surface area (Å²) < 4.78 is 38.9. The van der Waals surface area contributed by atoms with Gasteiger partial charge in [-0.3, -0.25) is 4.18 Å². The number of aryl methyl sites for hydroxylation is 2. The number of anilines is 1. The van der Waals surface area contributed by atoms with E-state index in [0.29, 0.717) is 0 Å². The molecule has 148 valence electrons. The number of aromatic nitrogens is 1. The Kier molecular flexibility index (Phi) is 6.04. The Hall–Kier alpha value is -2.40. The fourth-order valence-electron chi connectivity index (χ4n) is 2.67. The quantitative estimate of drug-likeness (QED) is 0.253. The van der Waals surface area contributed by atoms with Gasteiger partial charge in [0, 0.05) is 19.3 Å². The Balaban J connectivity index is 1.73. The molecular formula is C18H20N4O4S2. The lowest BCUT2D eigenvalue weighted by molar-refractivity contribution is -0.627. The molecular weight excluding hydrogens is 400 g/mol. The maximum atomic E-state index is 10.5. The molecule has 0 N–H and O–H groups in total. The molecule has 8 nitrogen and oxygen atoms in total. The standard InChI is InChI=1S/C18H20N4O4S2/c1-13-12-14(21(2)10-11-26-28(23,24)25)8-9-15(13)19-20-18-22(3)16-6-4-5-7-17(16)27-18/h4-9,12H,10-11H2,1-3H3. The summed E-state index contributed by atoms with van der Waals surface area (Å²) in [6.07, 6.45) is 0. The summed E-state index contributed by atoms with van der Waals surface area (Å²) in [5.41, 5.74) is 3.63. The van der Waals surface area contributed by atoms with Crippen molar-refractivity contribution in [3.63, 3.8) is 0 Å². The van der Waals surface area contributed by atoms with Gasteiger partial charge in [0.15, 0.2) is 0 Å². The first-order valence-electron chi connectivity index (χ1n) is 8.46. The number of azo groups is 1. The van der Waals surface area contributed by atoms with E-state index in [1.807, 2.05) is 54.9 Å². The Morgan fingerprint density at radius 2 is 1.96 bits per heavy atom. The molecule has 3 rings (SSSR count). The SMILES string of the molecule is Cc1cc(N(C)CCOS(=O)(=O)[O-])ccc1N=Nc1sc2ccccc2[n+]1C. The first-order valence-corrected chi connectivity index (χ1v) is 10.6. The number of benzene rings is 2. The van der Waals surface area contributed by atoms with E-state index in [-0.39, 0.29) is 13.2 Å². The van der Waals surface area contributed by atoms with Crippen LogP contribution in [0.3, 0.4) is 0 Å². The number of hydrogen-bond donors (Lipinski definition) is 0. The predicted molar refractivity (Wildman–Crippen MR) is 107 cm³/mol. The van der Waals surface area contributed by atoms with Crippen molar-refractivity contribution >= 4 is 48.5 Å². The average Bonchev–Trinajstić information content (AvgIpc) is 2.96. The zero-order valence-corrected chi connectivity index (χ0v) is 17.3. The van der Waals surface area contributed by atoms with E-state index in [2.05, 4.69) is 20.5 Å². The van der Waals surface area contributed by atoms with Crippen molar-refractivity contribution in [1.29, 1.82) is 0 Å². The molecule has 28 heavy (non-hydrogen) atoms. The number of fused-ring (bicyclic) bond motifs is 1. The van der Waals surface area contributed by atoms with Gasteiger partial charge in [0.2, 0.25) is 10.4 Å².